The summed E-state index contributed by atoms with van der Waals surface area (Å²) in [6, 6.07) is 9.01. The van der Waals surface area contributed by atoms with Crippen LogP contribution in [0, 0.1) is 6.92 Å². The molecule has 30 heavy (non-hydrogen) atoms. The molecule has 1 aromatic heterocycles. The van der Waals surface area contributed by atoms with Gasteiger partial charge in [-0.3, -0.25) is 9.69 Å². The van der Waals surface area contributed by atoms with E-state index in [1.54, 1.807) is 24.2 Å². The van der Waals surface area contributed by atoms with Gasteiger partial charge in [-0.2, -0.15) is 0 Å². The number of carbonyl (C=O) groups is 1. The zero-order valence-electron chi connectivity index (χ0n) is 17.6. The maximum absolute atomic E-state index is 12.8. The summed E-state index contributed by atoms with van der Waals surface area (Å²) in [6.07, 6.45) is 10.2. The average molecular weight is 443 g/mol. The third-order valence-corrected chi connectivity index (χ3v) is 8.29. The summed E-state index contributed by atoms with van der Waals surface area (Å²) < 4.78 is 0. The van der Waals surface area contributed by atoms with Crippen molar-refractivity contribution in [3.8, 4) is 0 Å². The molecule has 1 aromatic carbocycles. The number of amides is 1. The van der Waals surface area contributed by atoms with Crippen molar-refractivity contribution >= 4 is 29.4 Å². The van der Waals surface area contributed by atoms with E-state index < -0.39 is 0 Å². The normalized spacial score (nSPS) is 18.5. The third kappa shape index (κ3) is 5.56. The maximum atomic E-state index is 12.8. The van der Waals surface area contributed by atoms with Gasteiger partial charge in [-0.15, -0.1) is 0 Å². The van der Waals surface area contributed by atoms with Crippen LogP contribution in [0.25, 0.3) is 0 Å². The molecule has 1 amide bonds. The molecule has 2 aliphatic rings. The fraction of sp³-hybridized carbons (Fsp3) is 0.522. The molecule has 0 atom stereocenters. The summed E-state index contributed by atoms with van der Waals surface area (Å²) in [6.45, 7) is 5.82. The summed E-state index contributed by atoms with van der Waals surface area (Å²) in [5.41, 5.74) is 1.22. The Hall–Kier alpha value is -1.57. The van der Waals surface area contributed by atoms with Crippen molar-refractivity contribution in [1.29, 1.82) is 0 Å². The molecule has 0 spiro atoms. The van der Waals surface area contributed by atoms with E-state index in [1.165, 1.54) is 54.3 Å². The van der Waals surface area contributed by atoms with E-state index in [0.29, 0.717) is 5.75 Å². The van der Waals surface area contributed by atoms with Crippen molar-refractivity contribution in [3.05, 3.63) is 42.2 Å². The maximum Gasteiger partial charge on any atom is 0.233 e. The number of aryl methyl sites for hydroxylation is 1. The number of benzene rings is 1. The van der Waals surface area contributed by atoms with Gasteiger partial charge in [-0.25, -0.2) is 9.97 Å². The van der Waals surface area contributed by atoms with Gasteiger partial charge in [0.15, 0.2) is 0 Å². The monoisotopic (exact) mass is 442 g/mol. The second-order valence-electron chi connectivity index (χ2n) is 8.03. The first-order valence-electron chi connectivity index (χ1n) is 10.9. The highest BCUT2D eigenvalue weighted by atomic mass is 32.2. The average Bonchev–Trinajstić information content (AvgIpc) is 2.80. The predicted octanol–water partition coefficient (Wildman–Crippen LogP) is 4.51. The number of hydrogen-bond donors (Lipinski definition) is 0. The lowest BCUT2D eigenvalue weighted by Gasteiger charge is -2.40. The van der Waals surface area contributed by atoms with Crippen LogP contribution in [0.1, 0.15) is 37.7 Å². The zero-order chi connectivity index (χ0) is 20.8. The number of carbonyl (C=O) groups excluding carboxylic acids is 1. The number of piperazine rings is 1. The Labute approximate surface area is 188 Å². The Morgan fingerprint density at radius 2 is 1.70 bits per heavy atom. The molecule has 7 heteroatoms. The van der Waals surface area contributed by atoms with Crippen LogP contribution in [0.4, 0.5) is 0 Å². The minimum absolute atomic E-state index is 0.209. The van der Waals surface area contributed by atoms with Crippen molar-refractivity contribution < 1.29 is 4.79 Å². The standard InChI is InChI=1S/C23H30N4OS2/c1-18-7-5-6-10-20(18)30-23-22(24-11-12-25-23)29-17-21(28)27-15-13-26(14-16-27)19-8-3-2-4-9-19/h5-7,10-12,19H,2-4,8-9,13-17H2,1H3. The van der Waals surface area contributed by atoms with Gasteiger partial charge >= 0.3 is 0 Å². The molecule has 2 heterocycles. The molecule has 2 fully saturated rings. The zero-order valence-corrected chi connectivity index (χ0v) is 19.3. The molecule has 1 aliphatic heterocycles. The van der Waals surface area contributed by atoms with Crippen molar-refractivity contribution in [3.63, 3.8) is 0 Å². The van der Waals surface area contributed by atoms with Crippen LogP contribution in [0.5, 0.6) is 0 Å². The molecular weight excluding hydrogens is 412 g/mol. The quantitative estimate of drug-likeness (QED) is 0.614. The second-order valence-corrected chi connectivity index (χ2v) is 10.0. The molecule has 5 nitrogen and oxygen atoms in total. The van der Waals surface area contributed by atoms with Gasteiger partial charge in [-0.05, 0) is 31.4 Å². The Morgan fingerprint density at radius 1 is 1.00 bits per heavy atom. The van der Waals surface area contributed by atoms with Gasteiger partial charge < -0.3 is 4.90 Å². The van der Waals surface area contributed by atoms with E-state index >= 15 is 0 Å². The molecule has 2 aromatic rings. The molecule has 1 saturated heterocycles. The van der Waals surface area contributed by atoms with E-state index in [0.717, 1.165) is 42.3 Å². The summed E-state index contributed by atoms with van der Waals surface area (Å²) in [4.78, 5) is 27.6. The molecule has 0 unspecified atom stereocenters. The van der Waals surface area contributed by atoms with Crippen molar-refractivity contribution in [1.82, 2.24) is 19.8 Å². The van der Waals surface area contributed by atoms with Crippen LogP contribution in [-0.4, -0.2) is 63.6 Å². The largest absolute Gasteiger partial charge is 0.339 e. The van der Waals surface area contributed by atoms with Crippen molar-refractivity contribution in [2.24, 2.45) is 0 Å². The van der Waals surface area contributed by atoms with Crippen LogP contribution in [0.3, 0.4) is 0 Å². The minimum Gasteiger partial charge on any atom is -0.339 e. The molecule has 0 radical (unpaired) electrons. The van der Waals surface area contributed by atoms with Crippen LogP contribution in [0.15, 0.2) is 51.6 Å². The number of nitrogens with zero attached hydrogens (tertiary/aromatic N) is 4. The van der Waals surface area contributed by atoms with Gasteiger partial charge in [0.25, 0.3) is 0 Å². The lowest BCUT2D eigenvalue weighted by atomic mass is 9.94. The lowest BCUT2D eigenvalue weighted by Crippen LogP contribution is -2.52. The van der Waals surface area contributed by atoms with Crippen molar-refractivity contribution in [2.45, 2.75) is 60.0 Å². The summed E-state index contributed by atoms with van der Waals surface area (Å²) in [5.74, 6) is 0.629. The third-order valence-electron chi connectivity index (χ3n) is 6.02. The summed E-state index contributed by atoms with van der Waals surface area (Å²) in [5, 5.41) is 1.70. The second kappa shape index (κ2) is 10.6. The topological polar surface area (TPSA) is 49.3 Å². The van der Waals surface area contributed by atoms with E-state index in [-0.39, 0.29) is 5.91 Å². The number of hydrogen-bond acceptors (Lipinski definition) is 6. The highest BCUT2D eigenvalue weighted by Crippen LogP contribution is 2.34. The van der Waals surface area contributed by atoms with Crippen LogP contribution >= 0.6 is 23.5 Å². The Balaban J connectivity index is 1.30. The molecule has 0 N–H and O–H groups in total. The molecule has 0 bridgehead atoms. The first-order chi connectivity index (χ1) is 14.7. The Bertz CT molecular complexity index is 849. The van der Waals surface area contributed by atoms with Crippen LogP contribution < -0.4 is 0 Å². The van der Waals surface area contributed by atoms with Gasteiger partial charge in [0.2, 0.25) is 5.91 Å². The summed E-state index contributed by atoms with van der Waals surface area (Å²) in [7, 11) is 0. The molecular formula is C23H30N4OS2. The van der Waals surface area contributed by atoms with Gasteiger partial charge in [-0.1, -0.05) is 61.0 Å². The molecule has 1 saturated carbocycles. The SMILES string of the molecule is Cc1ccccc1Sc1nccnc1SCC(=O)N1CCN(C2CCCCC2)CC1. The molecule has 160 valence electrons. The Kier molecular flexibility index (Phi) is 7.68. The Morgan fingerprint density at radius 3 is 2.43 bits per heavy atom. The lowest BCUT2D eigenvalue weighted by molar-refractivity contribution is -0.130. The first-order valence-corrected chi connectivity index (χ1v) is 12.7. The summed E-state index contributed by atoms with van der Waals surface area (Å²) >= 11 is 3.12. The van der Waals surface area contributed by atoms with E-state index in [2.05, 4.69) is 33.9 Å². The first kappa shape index (κ1) is 21.7. The number of thioether (sulfide) groups is 1. The minimum atomic E-state index is 0.209. The van der Waals surface area contributed by atoms with Crippen molar-refractivity contribution in [2.75, 3.05) is 31.9 Å². The fourth-order valence-corrected chi connectivity index (χ4v) is 6.15. The number of aromatic nitrogens is 2. The van der Waals surface area contributed by atoms with Gasteiger partial charge in [0.05, 0.1) is 5.75 Å². The number of rotatable bonds is 6. The predicted molar refractivity (Wildman–Crippen MR) is 123 cm³/mol. The van der Waals surface area contributed by atoms with Gasteiger partial charge in [0, 0.05) is 49.5 Å². The smallest absolute Gasteiger partial charge is 0.233 e. The molecule has 4 rings (SSSR count). The van der Waals surface area contributed by atoms with E-state index in [4.69, 9.17) is 0 Å². The molecule has 1 aliphatic carbocycles. The van der Waals surface area contributed by atoms with Gasteiger partial charge in [0.1, 0.15) is 10.1 Å². The van der Waals surface area contributed by atoms with E-state index in [9.17, 15) is 4.79 Å². The van der Waals surface area contributed by atoms with Crippen LogP contribution in [0.2, 0.25) is 0 Å². The van der Waals surface area contributed by atoms with E-state index in [1.807, 2.05) is 17.0 Å². The highest BCUT2D eigenvalue weighted by molar-refractivity contribution is 8.02. The fourth-order valence-electron chi connectivity index (χ4n) is 4.26. The van der Waals surface area contributed by atoms with Crippen LogP contribution in [-0.2, 0) is 4.79 Å². The highest BCUT2D eigenvalue weighted by Gasteiger charge is 2.27.